The molecule has 1 heterocycles. The number of hydrogen-bond acceptors (Lipinski definition) is 5. The van der Waals surface area contributed by atoms with Crippen LogP contribution in [0.5, 0.6) is 0 Å². The van der Waals surface area contributed by atoms with Gasteiger partial charge in [-0.2, -0.15) is 0 Å². The first kappa shape index (κ1) is 15.6. The van der Waals surface area contributed by atoms with E-state index in [1.165, 1.54) is 37.6 Å². The van der Waals surface area contributed by atoms with Gasteiger partial charge in [0.1, 0.15) is 9.88 Å². The van der Waals surface area contributed by atoms with E-state index in [1.807, 2.05) is 6.92 Å². The normalized spacial score (nSPS) is 14.6. The predicted octanol–water partition coefficient (Wildman–Crippen LogP) is 1.42. The summed E-state index contributed by atoms with van der Waals surface area (Å²) < 4.78 is 0. The third kappa shape index (κ3) is 2.97. The number of anilines is 2. The van der Waals surface area contributed by atoms with Crippen LogP contribution < -0.4 is 21.7 Å². The molecule has 0 bridgehead atoms. The fourth-order valence-electron chi connectivity index (χ4n) is 2.52. The van der Waals surface area contributed by atoms with Gasteiger partial charge in [-0.15, -0.1) is 11.3 Å². The van der Waals surface area contributed by atoms with Gasteiger partial charge in [0.05, 0.1) is 11.3 Å². The highest BCUT2D eigenvalue weighted by Crippen LogP contribution is 2.39. The molecule has 0 unspecified atom stereocenters. The summed E-state index contributed by atoms with van der Waals surface area (Å²) in [6.07, 6.45) is 3.69. The SMILES string of the molecule is CCN(CC1CCC1)c1sc(C(=O)NC)c(N)c1C(N)=O. The van der Waals surface area contributed by atoms with Crippen LogP contribution in [0.4, 0.5) is 10.7 Å². The summed E-state index contributed by atoms with van der Waals surface area (Å²) in [7, 11) is 1.54. The van der Waals surface area contributed by atoms with Gasteiger partial charge in [-0.25, -0.2) is 0 Å². The predicted molar refractivity (Wildman–Crippen MR) is 85.9 cm³/mol. The summed E-state index contributed by atoms with van der Waals surface area (Å²) in [6, 6.07) is 0. The third-order valence-electron chi connectivity index (χ3n) is 3.98. The monoisotopic (exact) mass is 310 g/mol. The van der Waals surface area contributed by atoms with Gasteiger partial charge in [-0.1, -0.05) is 6.42 Å². The van der Waals surface area contributed by atoms with Gasteiger partial charge >= 0.3 is 0 Å². The third-order valence-corrected chi connectivity index (χ3v) is 5.24. The van der Waals surface area contributed by atoms with Crippen molar-refractivity contribution in [3.63, 3.8) is 0 Å². The highest BCUT2D eigenvalue weighted by Gasteiger charge is 2.28. The summed E-state index contributed by atoms with van der Waals surface area (Å²) in [5.41, 5.74) is 11.9. The van der Waals surface area contributed by atoms with Crippen LogP contribution in [0.3, 0.4) is 0 Å². The summed E-state index contributed by atoms with van der Waals surface area (Å²) in [5.74, 6) is -0.218. The highest BCUT2D eigenvalue weighted by atomic mass is 32.1. The number of nitrogens with zero attached hydrogens (tertiary/aromatic N) is 1. The summed E-state index contributed by atoms with van der Waals surface area (Å²) in [6.45, 7) is 3.66. The Labute approximate surface area is 128 Å². The first-order valence-electron chi connectivity index (χ1n) is 7.18. The van der Waals surface area contributed by atoms with Gasteiger partial charge in [0.25, 0.3) is 11.8 Å². The second kappa shape index (κ2) is 6.34. The number of carbonyl (C=O) groups is 2. The molecule has 1 aromatic heterocycles. The molecule has 1 aliphatic rings. The van der Waals surface area contributed by atoms with Crippen LogP contribution in [-0.4, -0.2) is 32.0 Å². The standard InChI is InChI=1S/C14H22N4O2S/c1-3-18(7-8-5-4-6-8)14-9(12(16)19)10(15)11(21-14)13(20)17-2/h8H,3-7,15H2,1-2H3,(H2,16,19)(H,17,20). The molecule has 0 spiro atoms. The molecule has 2 amide bonds. The first-order valence-corrected chi connectivity index (χ1v) is 8.00. The number of hydrogen-bond donors (Lipinski definition) is 3. The molecular formula is C14H22N4O2S. The van der Waals surface area contributed by atoms with E-state index in [-0.39, 0.29) is 17.2 Å². The number of nitrogen functional groups attached to an aromatic ring is 1. The average molecular weight is 310 g/mol. The van der Waals surface area contributed by atoms with Crippen molar-refractivity contribution in [3.8, 4) is 0 Å². The van der Waals surface area contributed by atoms with E-state index in [4.69, 9.17) is 11.5 Å². The van der Waals surface area contributed by atoms with E-state index in [0.29, 0.717) is 15.8 Å². The molecule has 1 fully saturated rings. The lowest BCUT2D eigenvalue weighted by Gasteiger charge is -2.32. The molecule has 0 atom stereocenters. The van der Waals surface area contributed by atoms with Gasteiger partial charge in [-0.3, -0.25) is 9.59 Å². The number of nitrogens with one attached hydrogen (secondary N) is 1. The molecule has 0 saturated heterocycles. The van der Waals surface area contributed by atoms with E-state index >= 15 is 0 Å². The molecule has 1 aromatic rings. The largest absolute Gasteiger partial charge is 0.397 e. The van der Waals surface area contributed by atoms with Crippen LogP contribution in [0.1, 0.15) is 46.2 Å². The number of rotatable bonds is 6. The van der Waals surface area contributed by atoms with E-state index in [9.17, 15) is 9.59 Å². The fraction of sp³-hybridized carbons (Fsp3) is 0.571. The second-order valence-electron chi connectivity index (χ2n) is 5.30. The maximum Gasteiger partial charge on any atom is 0.263 e. The van der Waals surface area contributed by atoms with Crippen molar-refractivity contribution in [2.24, 2.45) is 11.7 Å². The molecule has 0 radical (unpaired) electrons. The summed E-state index contributed by atoms with van der Waals surface area (Å²) >= 11 is 1.24. The first-order chi connectivity index (χ1) is 9.99. The van der Waals surface area contributed by atoms with Crippen molar-refractivity contribution in [2.45, 2.75) is 26.2 Å². The smallest absolute Gasteiger partial charge is 0.263 e. The highest BCUT2D eigenvalue weighted by molar-refractivity contribution is 7.19. The van der Waals surface area contributed by atoms with Crippen molar-refractivity contribution in [2.75, 3.05) is 30.8 Å². The number of carbonyl (C=O) groups excluding carboxylic acids is 2. The lowest BCUT2D eigenvalue weighted by molar-refractivity contribution is 0.0967. The van der Waals surface area contributed by atoms with E-state index in [0.717, 1.165) is 13.1 Å². The Bertz CT molecular complexity index is 551. The quantitative estimate of drug-likeness (QED) is 0.739. The maximum atomic E-state index is 11.9. The zero-order valence-electron chi connectivity index (χ0n) is 12.4. The Morgan fingerprint density at radius 1 is 1.43 bits per heavy atom. The summed E-state index contributed by atoms with van der Waals surface area (Å²) in [4.78, 5) is 26.1. The van der Waals surface area contributed by atoms with Crippen LogP contribution in [0.15, 0.2) is 0 Å². The molecule has 5 N–H and O–H groups in total. The van der Waals surface area contributed by atoms with Crippen molar-refractivity contribution in [1.82, 2.24) is 5.32 Å². The number of nitrogens with two attached hydrogens (primary N) is 2. The van der Waals surface area contributed by atoms with Crippen LogP contribution in [0.2, 0.25) is 0 Å². The lowest BCUT2D eigenvalue weighted by atomic mass is 9.85. The Morgan fingerprint density at radius 3 is 2.52 bits per heavy atom. The minimum Gasteiger partial charge on any atom is -0.397 e. The van der Waals surface area contributed by atoms with Crippen molar-refractivity contribution in [3.05, 3.63) is 10.4 Å². The molecular weight excluding hydrogens is 288 g/mol. The van der Waals surface area contributed by atoms with Crippen LogP contribution in [0, 0.1) is 5.92 Å². The molecule has 0 aliphatic heterocycles. The Kier molecular flexibility index (Phi) is 4.72. The number of primary amides is 1. The Morgan fingerprint density at radius 2 is 2.10 bits per heavy atom. The van der Waals surface area contributed by atoms with Gasteiger partial charge in [0.15, 0.2) is 0 Å². The molecule has 116 valence electrons. The fourth-order valence-corrected chi connectivity index (χ4v) is 3.76. The van der Waals surface area contributed by atoms with E-state index in [1.54, 1.807) is 0 Å². The lowest BCUT2D eigenvalue weighted by Crippen LogP contribution is -2.33. The van der Waals surface area contributed by atoms with Crippen LogP contribution in [0.25, 0.3) is 0 Å². The van der Waals surface area contributed by atoms with E-state index < -0.39 is 5.91 Å². The molecule has 7 heteroatoms. The van der Waals surface area contributed by atoms with Crippen LogP contribution >= 0.6 is 11.3 Å². The van der Waals surface area contributed by atoms with Gasteiger partial charge in [0.2, 0.25) is 0 Å². The van der Waals surface area contributed by atoms with Crippen LogP contribution in [-0.2, 0) is 0 Å². The minimum absolute atomic E-state index is 0.189. The van der Waals surface area contributed by atoms with Gasteiger partial charge in [-0.05, 0) is 25.7 Å². The maximum absolute atomic E-state index is 11.9. The minimum atomic E-state index is -0.582. The molecule has 6 nitrogen and oxygen atoms in total. The Balaban J connectivity index is 2.39. The molecule has 21 heavy (non-hydrogen) atoms. The van der Waals surface area contributed by atoms with Crippen molar-refractivity contribution >= 4 is 33.8 Å². The van der Waals surface area contributed by atoms with Gasteiger partial charge in [0, 0.05) is 20.1 Å². The van der Waals surface area contributed by atoms with Crippen molar-refractivity contribution in [1.29, 1.82) is 0 Å². The Hall–Kier alpha value is -1.76. The molecule has 1 saturated carbocycles. The summed E-state index contributed by atoms with van der Waals surface area (Å²) in [5, 5.41) is 3.26. The van der Waals surface area contributed by atoms with Gasteiger partial charge < -0.3 is 21.7 Å². The zero-order chi connectivity index (χ0) is 15.6. The van der Waals surface area contributed by atoms with E-state index in [2.05, 4.69) is 10.2 Å². The topological polar surface area (TPSA) is 101 Å². The number of thiophene rings is 1. The average Bonchev–Trinajstić information content (AvgIpc) is 2.74. The molecule has 1 aliphatic carbocycles. The molecule has 2 rings (SSSR count). The van der Waals surface area contributed by atoms with Crippen molar-refractivity contribution < 1.29 is 9.59 Å². The molecule has 0 aromatic carbocycles. The number of amides is 2. The second-order valence-corrected chi connectivity index (χ2v) is 6.30. The zero-order valence-corrected chi connectivity index (χ0v) is 13.3.